The molecule has 1 unspecified atom stereocenters. The number of rotatable bonds is 5. The third-order valence-corrected chi connectivity index (χ3v) is 3.44. The van der Waals surface area contributed by atoms with Crippen LogP contribution in [0.2, 0.25) is 0 Å². The molecule has 0 aliphatic heterocycles. The van der Waals surface area contributed by atoms with Gasteiger partial charge in [0.25, 0.3) is 0 Å². The molecule has 21 heavy (non-hydrogen) atoms. The summed E-state index contributed by atoms with van der Waals surface area (Å²) in [6.45, 7) is 4.65. The van der Waals surface area contributed by atoms with E-state index in [0.717, 1.165) is 17.0 Å². The molecule has 0 spiro atoms. The van der Waals surface area contributed by atoms with Gasteiger partial charge in [-0.2, -0.15) is 0 Å². The van der Waals surface area contributed by atoms with E-state index in [-0.39, 0.29) is 6.04 Å². The van der Waals surface area contributed by atoms with E-state index in [0.29, 0.717) is 6.61 Å². The van der Waals surface area contributed by atoms with E-state index in [4.69, 9.17) is 10.5 Å². The van der Waals surface area contributed by atoms with E-state index in [1.54, 1.807) is 0 Å². The van der Waals surface area contributed by atoms with E-state index in [1.807, 2.05) is 32.3 Å². The lowest BCUT2D eigenvalue weighted by Crippen LogP contribution is -2.19. The zero-order valence-electron chi connectivity index (χ0n) is 13.3. The average Bonchev–Trinajstić information content (AvgIpc) is 2.44. The first-order valence-electron chi connectivity index (χ1n) is 7.19. The molecule has 2 aromatic carbocycles. The summed E-state index contributed by atoms with van der Waals surface area (Å²) >= 11 is 0. The molecule has 0 aromatic heterocycles. The van der Waals surface area contributed by atoms with Gasteiger partial charge in [-0.1, -0.05) is 35.4 Å². The number of hydrogen-bond donors (Lipinski definition) is 1. The molecule has 0 aliphatic rings. The second-order valence-corrected chi connectivity index (χ2v) is 5.73. The molecule has 0 radical (unpaired) electrons. The van der Waals surface area contributed by atoms with Crippen LogP contribution in [-0.2, 0) is 0 Å². The fourth-order valence-corrected chi connectivity index (χ4v) is 2.36. The summed E-state index contributed by atoms with van der Waals surface area (Å²) in [5, 5.41) is 0. The molecule has 0 aliphatic carbocycles. The third-order valence-electron chi connectivity index (χ3n) is 3.44. The third kappa shape index (κ3) is 4.23. The quantitative estimate of drug-likeness (QED) is 0.914. The van der Waals surface area contributed by atoms with E-state index >= 15 is 0 Å². The van der Waals surface area contributed by atoms with Crippen LogP contribution in [0.5, 0.6) is 5.75 Å². The van der Waals surface area contributed by atoms with Crippen molar-refractivity contribution in [3.8, 4) is 5.75 Å². The summed E-state index contributed by atoms with van der Waals surface area (Å²) in [5.41, 5.74) is 10.9. The van der Waals surface area contributed by atoms with Crippen molar-refractivity contribution in [2.45, 2.75) is 19.9 Å². The second kappa shape index (κ2) is 6.64. The first kappa shape index (κ1) is 15.4. The van der Waals surface area contributed by atoms with Crippen molar-refractivity contribution in [2.75, 3.05) is 25.6 Å². The van der Waals surface area contributed by atoms with E-state index in [9.17, 15) is 0 Å². The zero-order chi connectivity index (χ0) is 15.4. The average molecular weight is 284 g/mol. The van der Waals surface area contributed by atoms with Gasteiger partial charge >= 0.3 is 0 Å². The number of nitrogens with two attached hydrogens (primary N) is 1. The number of ether oxygens (including phenoxy) is 1. The minimum atomic E-state index is -0.119. The summed E-state index contributed by atoms with van der Waals surface area (Å²) in [5.74, 6) is 0.848. The molecule has 0 bridgehead atoms. The van der Waals surface area contributed by atoms with Crippen LogP contribution in [0.15, 0.2) is 42.5 Å². The van der Waals surface area contributed by atoms with Crippen LogP contribution < -0.4 is 15.4 Å². The number of benzene rings is 2. The molecule has 112 valence electrons. The molecule has 0 amide bonds. The molecule has 3 heteroatoms. The van der Waals surface area contributed by atoms with Crippen molar-refractivity contribution in [2.24, 2.45) is 5.73 Å². The predicted octanol–water partition coefficient (Wildman–Crippen LogP) is 3.45. The minimum absolute atomic E-state index is 0.119. The molecular weight excluding hydrogens is 260 g/mol. The molecule has 1 atom stereocenters. The second-order valence-electron chi connectivity index (χ2n) is 5.73. The van der Waals surface area contributed by atoms with Crippen LogP contribution in [0.3, 0.4) is 0 Å². The van der Waals surface area contributed by atoms with Crippen molar-refractivity contribution >= 4 is 5.69 Å². The topological polar surface area (TPSA) is 38.5 Å². The molecule has 0 fully saturated rings. The lowest BCUT2D eigenvalue weighted by atomic mass is 10.0. The van der Waals surface area contributed by atoms with Crippen molar-refractivity contribution < 1.29 is 4.74 Å². The fourth-order valence-electron chi connectivity index (χ4n) is 2.36. The van der Waals surface area contributed by atoms with Gasteiger partial charge in [-0.05, 0) is 31.5 Å². The van der Waals surface area contributed by atoms with E-state index in [2.05, 4.69) is 43.0 Å². The maximum atomic E-state index is 6.24. The van der Waals surface area contributed by atoms with Gasteiger partial charge in [-0.15, -0.1) is 0 Å². The Hall–Kier alpha value is -2.00. The monoisotopic (exact) mass is 284 g/mol. The first-order chi connectivity index (χ1) is 9.95. The Morgan fingerprint density at radius 1 is 1.05 bits per heavy atom. The Labute approximate surface area is 127 Å². The number of hydrogen-bond acceptors (Lipinski definition) is 3. The largest absolute Gasteiger partial charge is 0.492 e. The van der Waals surface area contributed by atoms with Crippen LogP contribution in [-0.4, -0.2) is 20.7 Å². The lowest BCUT2D eigenvalue weighted by molar-refractivity contribution is 0.290. The molecule has 2 N–H and O–H groups in total. The van der Waals surface area contributed by atoms with E-state index in [1.165, 1.54) is 11.1 Å². The van der Waals surface area contributed by atoms with Gasteiger partial charge < -0.3 is 15.4 Å². The van der Waals surface area contributed by atoms with Crippen molar-refractivity contribution in [3.63, 3.8) is 0 Å². The van der Waals surface area contributed by atoms with Gasteiger partial charge in [0.2, 0.25) is 0 Å². The van der Waals surface area contributed by atoms with Crippen LogP contribution in [0.1, 0.15) is 22.7 Å². The molecule has 3 nitrogen and oxygen atoms in total. The van der Waals surface area contributed by atoms with Gasteiger partial charge in [0, 0.05) is 25.8 Å². The van der Waals surface area contributed by atoms with Crippen LogP contribution >= 0.6 is 0 Å². The number of aryl methyl sites for hydroxylation is 2. The highest BCUT2D eigenvalue weighted by Gasteiger charge is 2.08. The standard InChI is InChI=1S/C18H24N2O/c1-13-8-14(2)10-15(9-13)18(19)12-21-17-7-5-6-16(11-17)20(3)4/h5-11,18H,12,19H2,1-4H3. The SMILES string of the molecule is Cc1cc(C)cc(C(N)COc2cccc(N(C)C)c2)c1. The summed E-state index contributed by atoms with van der Waals surface area (Å²) in [6, 6.07) is 14.3. The highest BCUT2D eigenvalue weighted by molar-refractivity contribution is 5.49. The Morgan fingerprint density at radius 2 is 1.71 bits per heavy atom. The highest BCUT2D eigenvalue weighted by Crippen LogP contribution is 2.21. The number of nitrogens with zero attached hydrogens (tertiary/aromatic N) is 1. The van der Waals surface area contributed by atoms with Crippen molar-refractivity contribution in [3.05, 3.63) is 59.2 Å². The van der Waals surface area contributed by atoms with Gasteiger partial charge in [-0.25, -0.2) is 0 Å². The molecule has 2 aromatic rings. The van der Waals surface area contributed by atoms with Gasteiger partial charge in [0.1, 0.15) is 12.4 Å². The molecule has 0 saturated heterocycles. The molecule has 0 saturated carbocycles. The summed E-state index contributed by atoms with van der Waals surface area (Å²) in [4.78, 5) is 2.05. The predicted molar refractivity (Wildman–Crippen MR) is 89.1 cm³/mol. The Bertz CT molecular complexity index is 588. The zero-order valence-corrected chi connectivity index (χ0v) is 13.3. The van der Waals surface area contributed by atoms with Gasteiger partial charge in [-0.3, -0.25) is 0 Å². The Morgan fingerprint density at radius 3 is 2.33 bits per heavy atom. The molecule has 2 rings (SSSR count). The lowest BCUT2D eigenvalue weighted by Gasteiger charge is -2.17. The first-order valence-corrected chi connectivity index (χ1v) is 7.19. The van der Waals surface area contributed by atoms with Crippen molar-refractivity contribution in [1.29, 1.82) is 0 Å². The van der Waals surface area contributed by atoms with Crippen LogP contribution in [0, 0.1) is 13.8 Å². The summed E-state index contributed by atoms with van der Waals surface area (Å²) in [6.07, 6.45) is 0. The smallest absolute Gasteiger partial charge is 0.121 e. The Balaban J connectivity index is 2.03. The maximum absolute atomic E-state index is 6.24. The van der Waals surface area contributed by atoms with Crippen LogP contribution in [0.25, 0.3) is 0 Å². The summed E-state index contributed by atoms with van der Waals surface area (Å²) in [7, 11) is 4.03. The van der Waals surface area contributed by atoms with E-state index < -0.39 is 0 Å². The van der Waals surface area contributed by atoms with Gasteiger partial charge in [0.15, 0.2) is 0 Å². The van der Waals surface area contributed by atoms with Crippen LogP contribution in [0.4, 0.5) is 5.69 Å². The fraction of sp³-hybridized carbons (Fsp3) is 0.333. The van der Waals surface area contributed by atoms with Crippen molar-refractivity contribution in [1.82, 2.24) is 0 Å². The minimum Gasteiger partial charge on any atom is -0.492 e. The number of anilines is 1. The maximum Gasteiger partial charge on any atom is 0.121 e. The normalized spacial score (nSPS) is 12.0. The molecule has 0 heterocycles. The highest BCUT2D eigenvalue weighted by atomic mass is 16.5. The summed E-state index contributed by atoms with van der Waals surface area (Å²) < 4.78 is 5.84. The molecular formula is C18H24N2O. The Kier molecular flexibility index (Phi) is 4.86. The van der Waals surface area contributed by atoms with Gasteiger partial charge in [0.05, 0.1) is 6.04 Å².